The fraction of sp³-hybridized carbons (Fsp3) is 0.364. The summed E-state index contributed by atoms with van der Waals surface area (Å²) in [6, 6.07) is 0.628. The van der Waals surface area contributed by atoms with E-state index in [0.29, 0.717) is 19.1 Å². The molecule has 3 nitrogen and oxygen atoms in total. The van der Waals surface area contributed by atoms with Crippen molar-refractivity contribution in [2.75, 3.05) is 0 Å². The minimum Gasteiger partial charge on any atom is -0.479 e. The van der Waals surface area contributed by atoms with E-state index in [-0.39, 0.29) is 0 Å². The van der Waals surface area contributed by atoms with E-state index in [2.05, 4.69) is 0 Å². The average Bonchev–Trinajstić information content (AvgIpc) is 2.23. The predicted molar refractivity (Wildman–Crippen MR) is 53.8 cm³/mol. The lowest BCUT2D eigenvalue weighted by molar-refractivity contribution is -0.150. The van der Waals surface area contributed by atoms with Gasteiger partial charge in [-0.1, -0.05) is 6.07 Å². The summed E-state index contributed by atoms with van der Waals surface area (Å²) in [7, 11) is 0. The highest BCUT2D eigenvalue weighted by molar-refractivity contribution is 5.75. The lowest BCUT2D eigenvalue weighted by Gasteiger charge is -2.21. The maximum Gasteiger partial charge on any atom is 0.417 e. The van der Waals surface area contributed by atoms with Crippen molar-refractivity contribution in [1.29, 1.82) is 0 Å². The molecule has 1 aromatic rings. The molecule has 9 heteroatoms. The molecule has 1 atom stereocenters. The zero-order valence-electron chi connectivity index (χ0n) is 9.80. The van der Waals surface area contributed by atoms with Gasteiger partial charge >= 0.3 is 18.3 Å². The van der Waals surface area contributed by atoms with Crippen LogP contribution in [0.2, 0.25) is 0 Å². The molecule has 0 bridgehead atoms. The summed E-state index contributed by atoms with van der Waals surface area (Å²) in [5, 5.41) is 17.7. The van der Waals surface area contributed by atoms with Crippen molar-refractivity contribution in [3.05, 3.63) is 34.4 Å². The Kier molecular flexibility index (Phi) is 4.04. The van der Waals surface area contributed by atoms with Crippen molar-refractivity contribution >= 4 is 5.97 Å². The highest BCUT2D eigenvalue weighted by Crippen LogP contribution is 2.42. The third-order valence-corrected chi connectivity index (χ3v) is 2.61. The Balaban J connectivity index is 3.66. The molecule has 0 fully saturated rings. The Morgan fingerprint density at radius 1 is 1.10 bits per heavy atom. The standard InChI is InChI=1S/C11H8F6O3/c1-4-6(10(12,13)14)3-2-5(8(18)9(19)20)7(4)11(15,16)17/h2-3,8,18H,1H3,(H,19,20). The molecule has 0 amide bonds. The molecule has 0 heterocycles. The number of halogens is 6. The number of benzene rings is 1. The normalized spacial score (nSPS) is 14.2. The molecule has 0 spiro atoms. The van der Waals surface area contributed by atoms with Gasteiger partial charge in [0.15, 0.2) is 6.10 Å². The minimum absolute atomic E-state index is 0.312. The highest BCUT2D eigenvalue weighted by Gasteiger charge is 2.42. The lowest BCUT2D eigenvalue weighted by atomic mass is 9.93. The van der Waals surface area contributed by atoms with Gasteiger partial charge in [0.1, 0.15) is 0 Å². The van der Waals surface area contributed by atoms with Crippen LogP contribution in [0.3, 0.4) is 0 Å². The maximum absolute atomic E-state index is 12.8. The van der Waals surface area contributed by atoms with Gasteiger partial charge in [-0.05, 0) is 18.6 Å². The van der Waals surface area contributed by atoms with E-state index in [4.69, 9.17) is 5.11 Å². The summed E-state index contributed by atoms with van der Waals surface area (Å²) in [5.41, 5.74) is -5.63. The molecule has 0 aliphatic rings. The van der Waals surface area contributed by atoms with Crippen LogP contribution in [-0.4, -0.2) is 16.2 Å². The first kappa shape index (κ1) is 16.3. The summed E-state index contributed by atoms with van der Waals surface area (Å²) in [6.45, 7) is 0.573. The molecule has 1 aromatic carbocycles. The third kappa shape index (κ3) is 3.03. The quantitative estimate of drug-likeness (QED) is 0.825. The van der Waals surface area contributed by atoms with E-state index in [1.54, 1.807) is 0 Å². The number of carboxylic acids is 1. The van der Waals surface area contributed by atoms with Crippen LogP contribution in [0.15, 0.2) is 12.1 Å². The third-order valence-electron chi connectivity index (χ3n) is 2.61. The van der Waals surface area contributed by atoms with Crippen molar-refractivity contribution < 1.29 is 41.4 Å². The number of hydrogen-bond donors (Lipinski definition) is 2. The van der Waals surface area contributed by atoms with Gasteiger partial charge < -0.3 is 10.2 Å². The number of carbonyl (C=O) groups is 1. The molecule has 1 rings (SSSR count). The van der Waals surface area contributed by atoms with Crippen molar-refractivity contribution in [2.24, 2.45) is 0 Å². The highest BCUT2D eigenvalue weighted by atomic mass is 19.4. The molecule has 1 unspecified atom stereocenters. The van der Waals surface area contributed by atoms with E-state index >= 15 is 0 Å². The minimum atomic E-state index is -5.23. The fourth-order valence-electron chi connectivity index (χ4n) is 1.78. The molecule has 0 saturated carbocycles. The number of rotatable bonds is 2. The van der Waals surface area contributed by atoms with Crippen LogP contribution in [-0.2, 0) is 17.1 Å². The fourth-order valence-corrected chi connectivity index (χ4v) is 1.78. The molecule has 0 aliphatic carbocycles. The molecule has 112 valence electrons. The lowest BCUT2D eigenvalue weighted by Crippen LogP contribution is -2.21. The van der Waals surface area contributed by atoms with Crippen molar-refractivity contribution in [3.8, 4) is 0 Å². The van der Waals surface area contributed by atoms with Crippen molar-refractivity contribution in [3.63, 3.8) is 0 Å². The van der Waals surface area contributed by atoms with Gasteiger partial charge in [-0.2, -0.15) is 26.3 Å². The van der Waals surface area contributed by atoms with Crippen LogP contribution < -0.4 is 0 Å². The second-order valence-electron chi connectivity index (χ2n) is 3.94. The van der Waals surface area contributed by atoms with Crippen LogP contribution in [0.5, 0.6) is 0 Å². The molecule has 2 N–H and O–H groups in total. The largest absolute Gasteiger partial charge is 0.479 e. The number of aliphatic carboxylic acids is 1. The van der Waals surface area contributed by atoms with E-state index in [0.717, 1.165) is 0 Å². The van der Waals surface area contributed by atoms with Crippen molar-refractivity contribution in [1.82, 2.24) is 0 Å². The zero-order valence-corrected chi connectivity index (χ0v) is 9.80. The summed E-state index contributed by atoms with van der Waals surface area (Å²) < 4.78 is 76.2. The van der Waals surface area contributed by atoms with Crippen molar-refractivity contribution in [2.45, 2.75) is 25.4 Å². The second-order valence-corrected chi connectivity index (χ2v) is 3.94. The van der Waals surface area contributed by atoms with Gasteiger partial charge in [0.05, 0.1) is 11.1 Å². The Morgan fingerprint density at radius 3 is 1.95 bits per heavy atom. The first-order valence-corrected chi connectivity index (χ1v) is 5.06. The Morgan fingerprint density at radius 2 is 1.60 bits per heavy atom. The maximum atomic E-state index is 12.8. The molecule has 0 saturated heterocycles. The summed E-state index contributed by atoms with van der Waals surface area (Å²) in [6.07, 6.45) is -12.8. The summed E-state index contributed by atoms with van der Waals surface area (Å²) >= 11 is 0. The number of aliphatic hydroxyl groups excluding tert-OH is 1. The molecule has 0 aromatic heterocycles. The van der Waals surface area contributed by atoms with Gasteiger partial charge in [0.25, 0.3) is 0 Å². The van der Waals surface area contributed by atoms with E-state index in [1.807, 2.05) is 0 Å². The van der Waals surface area contributed by atoms with Crippen LogP contribution in [0, 0.1) is 6.92 Å². The van der Waals surface area contributed by atoms with Gasteiger partial charge in [-0.15, -0.1) is 0 Å². The first-order chi connectivity index (χ1) is 8.87. The number of hydrogen-bond acceptors (Lipinski definition) is 2. The molecule has 20 heavy (non-hydrogen) atoms. The van der Waals surface area contributed by atoms with E-state index in [1.165, 1.54) is 0 Å². The first-order valence-electron chi connectivity index (χ1n) is 5.06. The Bertz CT molecular complexity index is 532. The van der Waals surface area contributed by atoms with Gasteiger partial charge in [-0.3, -0.25) is 0 Å². The topological polar surface area (TPSA) is 57.5 Å². The number of aliphatic hydroxyl groups is 1. The van der Waals surface area contributed by atoms with Crippen LogP contribution in [0.25, 0.3) is 0 Å². The predicted octanol–water partition coefficient (Wildman–Crippen LogP) is 3.15. The molecule has 0 aliphatic heterocycles. The summed E-state index contributed by atoms with van der Waals surface area (Å²) in [4.78, 5) is 10.5. The average molecular weight is 302 g/mol. The Hall–Kier alpha value is -1.77. The van der Waals surface area contributed by atoms with Crippen LogP contribution in [0.1, 0.15) is 28.4 Å². The van der Waals surface area contributed by atoms with E-state index in [9.17, 15) is 36.2 Å². The van der Waals surface area contributed by atoms with Gasteiger partial charge in [0.2, 0.25) is 0 Å². The monoisotopic (exact) mass is 302 g/mol. The second kappa shape index (κ2) is 4.97. The van der Waals surface area contributed by atoms with E-state index < -0.39 is 46.7 Å². The Labute approximate surface area is 108 Å². The van der Waals surface area contributed by atoms with Gasteiger partial charge in [-0.25, -0.2) is 4.79 Å². The molecular weight excluding hydrogens is 294 g/mol. The zero-order chi connectivity index (χ0) is 15.9. The molecule has 0 radical (unpaired) electrons. The smallest absolute Gasteiger partial charge is 0.417 e. The SMILES string of the molecule is Cc1c(C(F)(F)F)ccc(C(O)C(=O)O)c1C(F)(F)F. The number of carboxylic acid groups (broad SMARTS) is 1. The van der Waals surface area contributed by atoms with Crippen LogP contribution in [0.4, 0.5) is 26.3 Å². The number of alkyl halides is 6. The molecular formula is C11H8F6O3. The summed E-state index contributed by atoms with van der Waals surface area (Å²) in [5.74, 6) is -1.99. The van der Waals surface area contributed by atoms with Gasteiger partial charge in [0, 0.05) is 5.56 Å². The van der Waals surface area contributed by atoms with Crippen LogP contribution >= 0.6 is 0 Å².